The number of aromatic amines is 1. The van der Waals surface area contributed by atoms with Crippen LogP contribution < -0.4 is 5.73 Å². The van der Waals surface area contributed by atoms with E-state index < -0.39 is 0 Å². The number of hydrogen-bond acceptors (Lipinski definition) is 5. The van der Waals surface area contributed by atoms with Crippen LogP contribution in [0.25, 0.3) is 0 Å². The molecule has 2 heterocycles. The van der Waals surface area contributed by atoms with Gasteiger partial charge in [0.25, 0.3) is 5.91 Å². The lowest BCUT2D eigenvalue weighted by atomic mass is 10.1. The molecule has 19 heavy (non-hydrogen) atoms. The van der Waals surface area contributed by atoms with E-state index in [-0.39, 0.29) is 30.6 Å². The number of nitrogens with zero attached hydrogens (tertiary/aromatic N) is 2. The third kappa shape index (κ3) is 2.19. The number of nitrogens with one attached hydrogen (secondary N) is 1. The molecule has 1 aromatic heterocycles. The highest BCUT2D eigenvalue weighted by Gasteiger charge is 2.43. The number of carbonyl (C=O) groups is 1. The quantitative estimate of drug-likeness (QED) is 0.676. The van der Waals surface area contributed by atoms with Crippen LogP contribution in [-0.2, 0) is 4.74 Å². The van der Waals surface area contributed by atoms with Gasteiger partial charge in [-0.2, -0.15) is 5.10 Å². The van der Waals surface area contributed by atoms with Gasteiger partial charge in [-0.15, -0.1) is 0 Å². The first-order valence-electron chi connectivity index (χ1n) is 6.53. The van der Waals surface area contributed by atoms with Crippen molar-refractivity contribution in [3.63, 3.8) is 0 Å². The smallest absolute Gasteiger partial charge is 0.272 e. The molecular weight excluding hydrogens is 248 g/mol. The molecule has 1 aliphatic heterocycles. The van der Waals surface area contributed by atoms with Gasteiger partial charge in [0.05, 0.1) is 18.8 Å². The molecule has 1 saturated carbocycles. The largest absolute Gasteiger partial charge is 0.396 e. The summed E-state index contributed by atoms with van der Waals surface area (Å²) >= 11 is 0. The number of aliphatic hydroxyl groups is 1. The van der Waals surface area contributed by atoms with Gasteiger partial charge in [-0.25, -0.2) is 0 Å². The van der Waals surface area contributed by atoms with E-state index in [2.05, 4.69) is 10.2 Å². The number of aromatic nitrogens is 2. The standard InChI is InChI=1S/C12H18N4O3/c13-11-5-8(14-15-11)12(18)16-1-2-19-10-4-7(6-17)3-9(10)16/h5,7,9-10,17H,1-4,6H2,(H3,13,14,15)/t7-,9+,10?/m1/s1. The van der Waals surface area contributed by atoms with E-state index in [9.17, 15) is 9.90 Å². The van der Waals surface area contributed by atoms with E-state index in [1.54, 1.807) is 6.07 Å². The van der Waals surface area contributed by atoms with Crippen molar-refractivity contribution in [3.05, 3.63) is 11.8 Å². The van der Waals surface area contributed by atoms with Crippen molar-refractivity contribution in [1.29, 1.82) is 0 Å². The summed E-state index contributed by atoms with van der Waals surface area (Å²) < 4.78 is 5.70. The zero-order valence-corrected chi connectivity index (χ0v) is 10.6. The molecule has 104 valence electrons. The van der Waals surface area contributed by atoms with Crippen molar-refractivity contribution in [2.45, 2.75) is 25.0 Å². The van der Waals surface area contributed by atoms with Crippen LogP contribution in [0.1, 0.15) is 23.3 Å². The highest BCUT2D eigenvalue weighted by Crippen LogP contribution is 2.34. The van der Waals surface area contributed by atoms with Gasteiger partial charge in [-0.05, 0) is 18.8 Å². The van der Waals surface area contributed by atoms with Gasteiger partial charge in [0.1, 0.15) is 11.5 Å². The molecule has 7 nitrogen and oxygen atoms in total. The van der Waals surface area contributed by atoms with Gasteiger partial charge in [-0.1, -0.05) is 0 Å². The number of nitrogen functional groups attached to an aromatic ring is 1. The summed E-state index contributed by atoms with van der Waals surface area (Å²) in [5.41, 5.74) is 5.93. The van der Waals surface area contributed by atoms with E-state index in [4.69, 9.17) is 10.5 Å². The lowest BCUT2D eigenvalue weighted by Gasteiger charge is -2.37. The SMILES string of the molecule is Nc1cc(C(=O)N2CCOC3C[C@H](CO)C[C@@H]32)[nH]n1. The highest BCUT2D eigenvalue weighted by molar-refractivity contribution is 5.93. The molecule has 1 unspecified atom stereocenters. The van der Waals surface area contributed by atoms with E-state index in [1.165, 1.54) is 0 Å². The van der Waals surface area contributed by atoms with Crippen molar-refractivity contribution in [2.75, 3.05) is 25.5 Å². The fourth-order valence-corrected chi connectivity index (χ4v) is 3.05. The lowest BCUT2D eigenvalue weighted by Crippen LogP contribution is -2.51. The maximum atomic E-state index is 12.4. The molecule has 2 aliphatic rings. The molecule has 3 rings (SSSR count). The number of carbonyl (C=O) groups excluding carboxylic acids is 1. The third-order valence-corrected chi connectivity index (χ3v) is 3.98. The summed E-state index contributed by atoms with van der Waals surface area (Å²) in [6, 6.07) is 1.59. The fraction of sp³-hybridized carbons (Fsp3) is 0.667. The van der Waals surface area contributed by atoms with Crippen LogP contribution in [0.3, 0.4) is 0 Å². The monoisotopic (exact) mass is 266 g/mol. The van der Waals surface area contributed by atoms with Crippen molar-refractivity contribution in [3.8, 4) is 0 Å². The first-order chi connectivity index (χ1) is 9.19. The van der Waals surface area contributed by atoms with E-state index in [0.717, 1.165) is 12.8 Å². The summed E-state index contributed by atoms with van der Waals surface area (Å²) in [6.07, 6.45) is 1.64. The van der Waals surface area contributed by atoms with Crippen molar-refractivity contribution in [2.24, 2.45) is 5.92 Å². The van der Waals surface area contributed by atoms with Crippen LogP contribution in [0.2, 0.25) is 0 Å². The average molecular weight is 266 g/mol. The van der Waals surface area contributed by atoms with Gasteiger partial charge in [0, 0.05) is 19.2 Å². The van der Waals surface area contributed by atoms with Gasteiger partial charge in [0.2, 0.25) is 0 Å². The van der Waals surface area contributed by atoms with Crippen LogP contribution in [0.5, 0.6) is 0 Å². The Bertz CT molecular complexity index is 475. The Morgan fingerprint density at radius 2 is 2.47 bits per heavy atom. The summed E-state index contributed by atoms with van der Waals surface area (Å²) in [5, 5.41) is 15.7. The van der Waals surface area contributed by atoms with Crippen molar-refractivity contribution < 1.29 is 14.6 Å². The predicted octanol–water partition coefficient (Wildman–Crippen LogP) is -0.396. The molecule has 0 bridgehead atoms. The Labute approximate surface area is 110 Å². The molecule has 1 aromatic rings. The highest BCUT2D eigenvalue weighted by atomic mass is 16.5. The summed E-state index contributed by atoms with van der Waals surface area (Å²) in [7, 11) is 0. The Kier molecular flexibility index (Phi) is 3.16. The number of morpholine rings is 1. The number of anilines is 1. The topological polar surface area (TPSA) is 104 Å². The van der Waals surface area contributed by atoms with Gasteiger partial charge in [-0.3, -0.25) is 9.89 Å². The zero-order chi connectivity index (χ0) is 13.4. The molecule has 1 aliphatic carbocycles. The van der Waals surface area contributed by atoms with Crippen LogP contribution >= 0.6 is 0 Å². The Morgan fingerprint density at radius 3 is 3.16 bits per heavy atom. The van der Waals surface area contributed by atoms with Crippen LogP contribution in [0.15, 0.2) is 6.07 Å². The Hall–Kier alpha value is -1.60. The summed E-state index contributed by atoms with van der Waals surface area (Å²) in [4.78, 5) is 14.2. The molecule has 2 fully saturated rings. The normalized spacial score (nSPS) is 30.4. The van der Waals surface area contributed by atoms with E-state index in [1.807, 2.05) is 4.90 Å². The maximum absolute atomic E-state index is 12.4. The Balaban J connectivity index is 1.78. The number of hydrogen-bond donors (Lipinski definition) is 3. The predicted molar refractivity (Wildman–Crippen MR) is 67.4 cm³/mol. The number of aliphatic hydroxyl groups excluding tert-OH is 1. The fourth-order valence-electron chi connectivity index (χ4n) is 3.05. The summed E-state index contributed by atoms with van der Waals surface area (Å²) in [5.74, 6) is 0.434. The van der Waals surface area contributed by atoms with Crippen LogP contribution in [0, 0.1) is 5.92 Å². The summed E-state index contributed by atoms with van der Waals surface area (Å²) in [6.45, 7) is 1.25. The zero-order valence-electron chi connectivity index (χ0n) is 10.6. The van der Waals surface area contributed by atoms with Crippen molar-refractivity contribution in [1.82, 2.24) is 15.1 Å². The van der Waals surface area contributed by atoms with Gasteiger partial charge < -0.3 is 20.5 Å². The molecule has 7 heteroatoms. The van der Waals surface area contributed by atoms with Crippen LogP contribution in [-0.4, -0.2) is 58.0 Å². The number of H-pyrrole nitrogens is 1. The van der Waals surface area contributed by atoms with E-state index >= 15 is 0 Å². The van der Waals surface area contributed by atoms with Gasteiger partial charge >= 0.3 is 0 Å². The number of nitrogens with two attached hydrogens (primary N) is 1. The molecule has 1 saturated heterocycles. The molecule has 3 atom stereocenters. The number of fused-ring (bicyclic) bond motifs is 1. The minimum Gasteiger partial charge on any atom is -0.396 e. The molecule has 0 spiro atoms. The second kappa shape index (κ2) is 4.82. The minimum absolute atomic E-state index is 0.0371. The molecular formula is C12H18N4O3. The molecule has 0 aromatic carbocycles. The lowest BCUT2D eigenvalue weighted by molar-refractivity contribution is -0.0450. The number of rotatable bonds is 2. The molecule has 0 radical (unpaired) electrons. The van der Waals surface area contributed by atoms with E-state index in [0.29, 0.717) is 24.7 Å². The molecule has 4 N–H and O–H groups in total. The Morgan fingerprint density at radius 1 is 1.63 bits per heavy atom. The molecule has 1 amide bonds. The number of amides is 1. The minimum atomic E-state index is -0.0962. The average Bonchev–Trinajstić information content (AvgIpc) is 3.02. The first kappa shape index (κ1) is 12.4. The number of ether oxygens (including phenoxy) is 1. The van der Waals surface area contributed by atoms with Crippen molar-refractivity contribution >= 4 is 11.7 Å². The first-order valence-corrected chi connectivity index (χ1v) is 6.53. The third-order valence-electron chi connectivity index (χ3n) is 3.98. The second-order valence-electron chi connectivity index (χ2n) is 5.20. The second-order valence-corrected chi connectivity index (χ2v) is 5.20. The van der Waals surface area contributed by atoms with Gasteiger partial charge in [0.15, 0.2) is 0 Å². The maximum Gasteiger partial charge on any atom is 0.272 e. The van der Waals surface area contributed by atoms with Crippen LogP contribution in [0.4, 0.5) is 5.82 Å².